The lowest BCUT2D eigenvalue weighted by Gasteiger charge is -2.05. The summed E-state index contributed by atoms with van der Waals surface area (Å²) >= 11 is 0. The Labute approximate surface area is 143 Å². The van der Waals surface area contributed by atoms with Crippen LogP contribution in [0.3, 0.4) is 0 Å². The first kappa shape index (κ1) is 16.3. The molecule has 6 nitrogen and oxygen atoms in total. The third kappa shape index (κ3) is 3.69. The van der Waals surface area contributed by atoms with Gasteiger partial charge in [0.25, 0.3) is 11.6 Å². The van der Waals surface area contributed by atoms with E-state index in [0.29, 0.717) is 11.3 Å². The standard InChI is InChI=1S/C19H15N3O3/c1-13(16-7-6-14-4-2-3-5-17(14)12-16)20-21-19(23)15-8-10-18(11-9-15)22(24)25/h2-12H,1H3,(H,21,23). The van der Waals surface area contributed by atoms with Crippen molar-refractivity contribution >= 4 is 28.1 Å². The van der Waals surface area contributed by atoms with Crippen LogP contribution in [-0.2, 0) is 0 Å². The number of amides is 1. The first-order valence-electron chi connectivity index (χ1n) is 7.63. The Morgan fingerprint density at radius 2 is 1.60 bits per heavy atom. The van der Waals surface area contributed by atoms with Crippen LogP contribution in [-0.4, -0.2) is 16.5 Å². The van der Waals surface area contributed by atoms with Crippen molar-refractivity contribution in [3.63, 3.8) is 0 Å². The van der Waals surface area contributed by atoms with E-state index in [4.69, 9.17) is 0 Å². The van der Waals surface area contributed by atoms with Crippen LogP contribution in [0, 0.1) is 10.1 Å². The zero-order valence-corrected chi connectivity index (χ0v) is 13.5. The highest BCUT2D eigenvalue weighted by Gasteiger charge is 2.09. The number of carbonyl (C=O) groups excluding carboxylic acids is 1. The summed E-state index contributed by atoms with van der Waals surface area (Å²) in [6.07, 6.45) is 0. The lowest BCUT2D eigenvalue weighted by Crippen LogP contribution is -2.19. The van der Waals surface area contributed by atoms with Crippen molar-refractivity contribution < 1.29 is 9.72 Å². The fourth-order valence-corrected chi connectivity index (χ4v) is 2.41. The number of hydrazone groups is 1. The molecule has 0 aliphatic rings. The predicted octanol–water partition coefficient (Wildman–Crippen LogP) is 3.90. The van der Waals surface area contributed by atoms with Crippen LogP contribution in [0.4, 0.5) is 5.69 Å². The summed E-state index contributed by atoms with van der Waals surface area (Å²) in [4.78, 5) is 22.2. The molecular weight excluding hydrogens is 318 g/mol. The van der Waals surface area contributed by atoms with Gasteiger partial charge in [-0.25, -0.2) is 5.43 Å². The van der Waals surface area contributed by atoms with Gasteiger partial charge in [0, 0.05) is 17.7 Å². The molecule has 0 saturated heterocycles. The van der Waals surface area contributed by atoms with Crippen LogP contribution in [0.15, 0.2) is 71.8 Å². The largest absolute Gasteiger partial charge is 0.271 e. The molecule has 3 aromatic carbocycles. The van der Waals surface area contributed by atoms with Gasteiger partial charge >= 0.3 is 0 Å². The molecule has 0 radical (unpaired) electrons. The zero-order valence-electron chi connectivity index (χ0n) is 13.5. The predicted molar refractivity (Wildman–Crippen MR) is 96.7 cm³/mol. The van der Waals surface area contributed by atoms with Crippen LogP contribution in [0.1, 0.15) is 22.8 Å². The molecule has 25 heavy (non-hydrogen) atoms. The van der Waals surface area contributed by atoms with Gasteiger partial charge in [0.1, 0.15) is 0 Å². The van der Waals surface area contributed by atoms with Gasteiger partial charge in [-0.1, -0.05) is 36.4 Å². The van der Waals surface area contributed by atoms with Crippen LogP contribution < -0.4 is 5.43 Å². The Balaban J connectivity index is 1.75. The van der Waals surface area contributed by atoms with E-state index in [9.17, 15) is 14.9 Å². The number of hydrogen-bond donors (Lipinski definition) is 1. The van der Waals surface area contributed by atoms with E-state index < -0.39 is 10.8 Å². The molecule has 0 aliphatic carbocycles. The van der Waals surface area contributed by atoms with Crippen molar-refractivity contribution in [1.82, 2.24) is 5.43 Å². The molecule has 0 saturated carbocycles. The Hall–Kier alpha value is -3.54. The maximum atomic E-state index is 12.1. The van der Waals surface area contributed by atoms with Gasteiger partial charge in [-0.05, 0) is 41.5 Å². The normalized spacial score (nSPS) is 11.3. The van der Waals surface area contributed by atoms with Gasteiger partial charge in [-0.15, -0.1) is 0 Å². The molecule has 124 valence electrons. The number of rotatable bonds is 4. The van der Waals surface area contributed by atoms with E-state index in [0.717, 1.165) is 16.3 Å². The van der Waals surface area contributed by atoms with Crippen molar-refractivity contribution in [1.29, 1.82) is 0 Å². The summed E-state index contributed by atoms with van der Waals surface area (Å²) in [5, 5.41) is 17.0. The molecule has 0 aliphatic heterocycles. The molecule has 0 fully saturated rings. The van der Waals surface area contributed by atoms with Gasteiger partial charge in [0.15, 0.2) is 0 Å². The fraction of sp³-hybridized carbons (Fsp3) is 0.0526. The number of hydrogen-bond acceptors (Lipinski definition) is 4. The molecule has 3 aromatic rings. The van der Waals surface area contributed by atoms with Gasteiger partial charge in [-0.3, -0.25) is 14.9 Å². The van der Waals surface area contributed by atoms with E-state index in [-0.39, 0.29) is 5.69 Å². The van der Waals surface area contributed by atoms with Crippen molar-refractivity contribution in [2.24, 2.45) is 5.10 Å². The van der Waals surface area contributed by atoms with Crippen LogP contribution >= 0.6 is 0 Å². The molecule has 0 spiro atoms. The molecule has 0 aromatic heterocycles. The average Bonchev–Trinajstić information content (AvgIpc) is 2.65. The first-order valence-corrected chi connectivity index (χ1v) is 7.63. The molecule has 0 atom stereocenters. The molecule has 0 unspecified atom stereocenters. The molecule has 0 heterocycles. The Morgan fingerprint density at radius 3 is 2.28 bits per heavy atom. The lowest BCUT2D eigenvalue weighted by atomic mass is 10.0. The molecule has 1 N–H and O–H groups in total. The second kappa shape index (κ2) is 6.92. The topological polar surface area (TPSA) is 84.6 Å². The van der Waals surface area contributed by atoms with E-state index in [1.165, 1.54) is 24.3 Å². The Bertz CT molecular complexity index is 979. The molecule has 6 heteroatoms. The van der Waals surface area contributed by atoms with Crippen LogP contribution in [0.5, 0.6) is 0 Å². The molecular formula is C19H15N3O3. The maximum Gasteiger partial charge on any atom is 0.271 e. The van der Waals surface area contributed by atoms with Gasteiger partial charge in [0.2, 0.25) is 0 Å². The Morgan fingerprint density at radius 1 is 0.960 bits per heavy atom. The fourth-order valence-electron chi connectivity index (χ4n) is 2.41. The number of nitro groups is 1. The SMILES string of the molecule is CC(=NNC(=O)c1ccc([N+](=O)[O-])cc1)c1ccc2ccccc2c1. The minimum atomic E-state index is -0.510. The van der Waals surface area contributed by atoms with Gasteiger partial charge < -0.3 is 0 Å². The van der Waals surface area contributed by atoms with Crippen LogP contribution in [0.2, 0.25) is 0 Å². The smallest absolute Gasteiger partial charge is 0.267 e. The minimum absolute atomic E-state index is 0.0626. The average molecular weight is 333 g/mol. The number of benzene rings is 3. The van der Waals surface area contributed by atoms with E-state index in [1.807, 2.05) is 42.5 Å². The highest BCUT2D eigenvalue weighted by atomic mass is 16.6. The van der Waals surface area contributed by atoms with E-state index >= 15 is 0 Å². The summed E-state index contributed by atoms with van der Waals surface area (Å²) < 4.78 is 0. The third-order valence-corrected chi connectivity index (χ3v) is 3.83. The number of nitrogens with zero attached hydrogens (tertiary/aromatic N) is 2. The van der Waals surface area contributed by atoms with Crippen molar-refractivity contribution in [2.45, 2.75) is 6.92 Å². The summed E-state index contributed by atoms with van der Waals surface area (Å²) in [7, 11) is 0. The van der Waals surface area contributed by atoms with E-state index in [1.54, 1.807) is 6.92 Å². The minimum Gasteiger partial charge on any atom is -0.267 e. The second-order valence-corrected chi connectivity index (χ2v) is 5.50. The number of fused-ring (bicyclic) bond motifs is 1. The summed E-state index contributed by atoms with van der Waals surface area (Å²) in [6, 6.07) is 19.3. The second-order valence-electron chi connectivity index (χ2n) is 5.50. The van der Waals surface area contributed by atoms with Gasteiger partial charge in [-0.2, -0.15) is 5.10 Å². The van der Waals surface area contributed by atoms with Gasteiger partial charge in [0.05, 0.1) is 10.6 Å². The highest BCUT2D eigenvalue weighted by Crippen LogP contribution is 2.16. The molecule has 1 amide bonds. The molecule has 3 rings (SSSR count). The van der Waals surface area contributed by atoms with E-state index in [2.05, 4.69) is 10.5 Å². The van der Waals surface area contributed by atoms with Crippen molar-refractivity contribution in [3.8, 4) is 0 Å². The third-order valence-electron chi connectivity index (χ3n) is 3.83. The number of nitro benzene ring substituents is 1. The highest BCUT2D eigenvalue weighted by molar-refractivity contribution is 6.03. The summed E-state index contributed by atoms with van der Waals surface area (Å²) in [6.45, 7) is 1.81. The number of carbonyl (C=O) groups is 1. The number of non-ortho nitro benzene ring substituents is 1. The molecule has 0 bridgehead atoms. The monoisotopic (exact) mass is 333 g/mol. The first-order chi connectivity index (χ1) is 12.0. The van der Waals surface area contributed by atoms with Crippen LogP contribution in [0.25, 0.3) is 10.8 Å². The zero-order chi connectivity index (χ0) is 17.8. The summed E-state index contributed by atoms with van der Waals surface area (Å²) in [5.41, 5.74) is 4.29. The number of nitrogens with one attached hydrogen (secondary N) is 1. The lowest BCUT2D eigenvalue weighted by molar-refractivity contribution is -0.384. The van der Waals surface area contributed by atoms with Crippen molar-refractivity contribution in [3.05, 3.63) is 88.0 Å². The Kier molecular flexibility index (Phi) is 4.52. The summed E-state index contributed by atoms with van der Waals surface area (Å²) in [5.74, 6) is -0.421. The van der Waals surface area contributed by atoms with Crippen molar-refractivity contribution in [2.75, 3.05) is 0 Å². The quantitative estimate of drug-likeness (QED) is 0.446. The maximum absolute atomic E-state index is 12.1.